The van der Waals surface area contributed by atoms with Crippen LogP contribution in [0.1, 0.15) is 25.0 Å². The molecule has 0 bridgehead atoms. The van der Waals surface area contributed by atoms with Gasteiger partial charge in [0.15, 0.2) is 0 Å². The average molecular weight is 270 g/mol. The molecule has 2 aromatic rings. The van der Waals surface area contributed by atoms with Gasteiger partial charge in [-0.2, -0.15) is 0 Å². The molecular weight excluding hydrogens is 248 g/mol. The van der Waals surface area contributed by atoms with Crippen LogP contribution in [0, 0.1) is 6.92 Å². The first-order chi connectivity index (χ1) is 9.53. The van der Waals surface area contributed by atoms with Gasteiger partial charge in [0.25, 0.3) is 0 Å². The third-order valence-corrected chi connectivity index (χ3v) is 3.49. The van der Waals surface area contributed by atoms with Gasteiger partial charge in [0.1, 0.15) is 0 Å². The van der Waals surface area contributed by atoms with E-state index in [1.54, 1.807) is 0 Å². The van der Waals surface area contributed by atoms with Crippen LogP contribution in [-0.2, 0) is 5.54 Å². The van der Waals surface area contributed by atoms with Crippen LogP contribution in [0.25, 0.3) is 11.1 Å². The minimum Gasteiger partial charge on any atom is -0.395 e. The Kier molecular flexibility index (Phi) is 4.53. The van der Waals surface area contributed by atoms with Gasteiger partial charge in [-0.25, -0.2) is 0 Å². The third-order valence-electron chi connectivity index (χ3n) is 3.49. The first-order valence-corrected chi connectivity index (χ1v) is 6.91. The number of pyridine rings is 1. The van der Waals surface area contributed by atoms with Crippen LogP contribution in [0.5, 0.6) is 0 Å². The molecule has 0 aliphatic rings. The smallest absolute Gasteiger partial charge is 0.0556 e. The standard InChI is InChI=1S/C17H22N2O/c1-13-10-15(12-18-11-13)14-4-6-16(7-5-14)17(2,3)19-8-9-20/h4-7,10-12,19-20H,8-9H2,1-3H3. The predicted molar refractivity (Wildman–Crippen MR) is 82.5 cm³/mol. The summed E-state index contributed by atoms with van der Waals surface area (Å²) in [5.74, 6) is 0. The summed E-state index contributed by atoms with van der Waals surface area (Å²) in [6.07, 6.45) is 3.75. The van der Waals surface area contributed by atoms with E-state index in [4.69, 9.17) is 5.11 Å². The number of hydrogen-bond acceptors (Lipinski definition) is 3. The highest BCUT2D eigenvalue weighted by molar-refractivity contribution is 5.63. The van der Waals surface area contributed by atoms with Crippen LogP contribution in [0.2, 0.25) is 0 Å². The van der Waals surface area contributed by atoms with Crippen LogP contribution in [-0.4, -0.2) is 23.2 Å². The van der Waals surface area contributed by atoms with Crippen molar-refractivity contribution in [2.75, 3.05) is 13.2 Å². The van der Waals surface area contributed by atoms with Crippen LogP contribution < -0.4 is 5.32 Å². The van der Waals surface area contributed by atoms with Gasteiger partial charge in [-0.15, -0.1) is 0 Å². The maximum Gasteiger partial charge on any atom is 0.0556 e. The lowest BCUT2D eigenvalue weighted by molar-refractivity contribution is 0.267. The van der Waals surface area contributed by atoms with E-state index in [0.29, 0.717) is 6.54 Å². The number of nitrogens with zero attached hydrogens (tertiary/aromatic N) is 1. The summed E-state index contributed by atoms with van der Waals surface area (Å²) in [4.78, 5) is 4.23. The van der Waals surface area contributed by atoms with Crippen molar-refractivity contribution in [3.63, 3.8) is 0 Å². The van der Waals surface area contributed by atoms with E-state index in [9.17, 15) is 0 Å². The van der Waals surface area contributed by atoms with Crippen molar-refractivity contribution in [1.29, 1.82) is 0 Å². The van der Waals surface area contributed by atoms with Gasteiger partial charge in [-0.3, -0.25) is 4.98 Å². The number of benzene rings is 1. The Morgan fingerprint density at radius 1 is 1.10 bits per heavy atom. The molecule has 0 atom stereocenters. The summed E-state index contributed by atoms with van der Waals surface area (Å²) >= 11 is 0. The van der Waals surface area contributed by atoms with Gasteiger partial charge in [-0.1, -0.05) is 24.3 Å². The van der Waals surface area contributed by atoms with E-state index in [2.05, 4.69) is 54.5 Å². The molecule has 0 unspecified atom stereocenters. The molecule has 0 radical (unpaired) electrons. The number of hydrogen-bond donors (Lipinski definition) is 2. The molecule has 1 heterocycles. The number of aromatic nitrogens is 1. The molecule has 3 nitrogen and oxygen atoms in total. The highest BCUT2D eigenvalue weighted by Gasteiger charge is 2.18. The molecular formula is C17H22N2O. The lowest BCUT2D eigenvalue weighted by Crippen LogP contribution is -2.38. The second-order valence-electron chi connectivity index (χ2n) is 5.60. The Morgan fingerprint density at radius 3 is 2.40 bits per heavy atom. The maximum absolute atomic E-state index is 8.93. The van der Waals surface area contributed by atoms with E-state index >= 15 is 0 Å². The maximum atomic E-state index is 8.93. The minimum absolute atomic E-state index is 0.147. The van der Waals surface area contributed by atoms with Gasteiger partial charge in [0, 0.05) is 30.0 Å². The lowest BCUT2D eigenvalue weighted by atomic mass is 9.92. The Morgan fingerprint density at radius 2 is 1.80 bits per heavy atom. The molecule has 3 heteroatoms. The Balaban J connectivity index is 2.22. The van der Waals surface area contributed by atoms with E-state index in [1.807, 2.05) is 19.3 Å². The molecule has 2 N–H and O–H groups in total. The minimum atomic E-state index is -0.147. The van der Waals surface area contributed by atoms with E-state index in [-0.39, 0.29) is 12.1 Å². The van der Waals surface area contributed by atoms with Crippen molar-refractivity contribution >= 4 is 0 Å². The summed E-state index contributed by atoms with van der Waals surface area (Å²) in [6.45, 7) is 7.03. The average Bonchev–Trinajstić information content (AvgIpc) is 2.45. The van der Waals surface area contributed by atoms with E-state index in [0.717, 1.165) is 11.1 Å². The first-order valence-electron chi connectivity index (χ1n) is 6.91. The molecule has 0 amide bonds. The number of rotatable bonds is 5. The zero-order valence-electron chi connectivity index (χ0n) is 12.4. The normalized spacial score (nSPS) is 11.6. The topological polar surface area (TPSA) is 45.2 Å². The molecule has 106 valence electrons. The fourth-order valence-corrected chi connectivity index (χ4v) is 2.26. The molecule has 0 saturated heterocycles. The van der Waals surface area contributed by atoms with Crippen molar-refractivity contribution < 1.29 is 5.11 Å². The van der Waals surface area contributed by atoms with Gasteiger partial charge in [0.05, 0.1) is 6.61 Å². The van der Waals surface area contributed by atoms with Gasteiger partial charge in [-0.05, 0) is 43.5 Å². The third kappa shape index (κ3) is 3.44. The molecule has 1 aromatic heterocycles. The molecule has 0 spiro atoms. The van der Waals surface area contributed by atoms with Crippen LogP contribution in [0.3, 0.4) is 0 Å². The molecule has 20 heavy (non-hydrogen) atoms. The van der Waals surface area contributed by atoms with Gasteiger partial charge in [0.2, 0.25) is 0 Å². The highest BCUT2D eigenvalue weighted by atomic mass is 16.3. The summed E-state index contributed by atoms with van der Waals surface area (Å²) in [5, 5.41) is 12.3. The fraction of sp³-hybridized carbons (Fsp3) is 0.353. The first kappa shape index (κ1) is 14.7. The highest BCUT2D eigenvalue weighted by Crippen LogP contribution is 2.24. The van der Waals surface area contributed by atoms with Crippen molar-refractivity contribution in [2.45, 2.75) is 26.3 Å². The van der Waals surface area contributed by atoms with Crippen LogP contribution in [0.15, 0.2) is 42.7 Å². The molecule has 0 aliphatic heterocycles. The lowest BCUT2D eigenvalue weighted by Gasteiger charge is -2.27. The summed E-state index contributed by atoms with van der Waals surface area (Å²) in [5.41, 5.74) is 4.53. The molecule has 0 saturated carbocycles. The second kappa shape index (κ2) is 6.16. The van der Waals surface area contributed by atoms with E-state index < -0.39 is 0 Å². The summed E-state index contributed by atoms with van der Waals surface area (Å²) < 4.78 is 0. The van der Waals surface area contributed by atoms with Crippen molar-refractivity contribution in [2.24, 2.45) is 0 Å². The molecule has 0 aliphatic carbocycles. The predicted octanol–water partition coefficient (Wildman–Crippen LogP) is 2.87. The zero-order valence-corrected chi connectivity index (χ0v) is 12.4. The van der Waals surface area contributed by atoms with Crippen molar-refractivity contribution in [3.8, 4) is 11.1 Å². The molecule has 1 aromatic carbocycles. The van der Waals surface area contributed by atoms with E-state index in [1.165, 1.54) is 11.1 Å². The quantitative estimate of drug-likeness (QED) is 0.878. The number of nitrogens with one attached hydrogen (secondary N) is 1. The zero-order chi connectivity index (χ0) is 14.6. The fourth-order valence-electron chi connectivity index (χ4n) is 2.26. The Hall–Kier alpha value is -1.71. The van der Waals surface area contributed by atoms with Crippen molar-refractivity contribution in [1.82, 2.24) is 10.3 Å². The monoisotopic (exact) mass is 270 g/mol. The van der Waals surface area contributed by atoms with Crippen LogP contribution in [0.4, 0.5) is 0 Å². The number of aryl methyl sites for hydroxylation is 1. The number of aliphatic hydroxyl groups excluding tert-OH is 1. The molecule has 2 rings (SSSR count). The summed E-state index contributed by atoms with van der Waals surface area (Å²) in [7, 11) is 0. The van der Waals surface area contributed by atoms with Gasteiger partial charge < -0.3 is 10.4 Å². The van der Waals surface area contributed by atoms with Crippen molar-refractivity contribution in [3.05, 3.63) is 53.9 Å². The Bertz CT molecular complexity index is 561. The summed E-state index contributed by atoms with van der Waals surface area (Å²) in [6, 6.07) is 10.6. The largest absolute Gasteiger partial charge is 0.395 e. The number of aliphatic hydroxyl groups is 1. The van der Waals surface area contributed by atoms with Crippen LogP contribution >= 0.6 is 0 Å². The Labute approximate surface area is 120 Å². The SMILES string of the molecule is Cc1cncc(-c2ccc(C(C)(C)NCCO)cc2)c1. The second-order valence-corrected chi connectivity index (χ2v) is 5.60. The van der Waals surface area contributed by atoms with Gasteiger partial charge >= 0.3 is 0 Å². The molecule has 0 fully saturated rings.